The Labute approximate surface area is 120 Å². The minimum absolute atomic E-state index is 0.386. The number of fused-ring (bicyclic) bond motifs is 2. The zero-order valence-corrected chi connectivity index (χ0v) is 12.1. The molecule has 0 amide bonds. The zero-order valence-electron chi connectivity index (χ0n) is 12.1. The minimum atomic E-state index is -0.698. The van der Waals surface area contributed by atoms with Crippen LogP contribution in [0.5, 0.6) is 0 Å². The van der Waals surface area contributed by atoms with E-state index >= 15 is 0 Å². The third kappa shape index (κ3) is 3.95. The van der Waals surface area contributed by atoms with Gasteiger partial charge in [0.25, 0.3) is 0 Å². The lowest BCUT2D eigenvalue weighted by Crippen LogP contribution is -2.38. The van der Waals surface area contributed by atoms with Crippen molar-refractivity contribution in [3.8, 4) is 0 Å². The lowest BCUT2D eigenvalue weighted by atomic mass is 10.0. The highest BCUT2D eigenvalue weighted by atomic mass is 16.5. The molecule has 2 rings (SSSR count). The van der Waals surface area contributed by atoms with E-state index in [4.69, 9.17) is 10.5 Å². The Kier molecular flexibility index (Phi) is 4.99. The van der Waals surface area contributed by atoms with Gasteiger partial charge in [0.1, 0.15) is 11.9 Å². The number of allylic oxidation sites excluding steroid dienone is 9. The summed E-state index contributed by atoms with van der Waals surface area (Å²) >= 11 is 0. The van der Waals surface area contributed by atoms with Crippen molar-refractivity contribution in [1.29, 1.82) is 0 Å². The monoisotopic (exact) mass is 273 g/mol. The van der Waals surface area contributed by atoms with Crippen LogP contribution in [0.25, 0.3) is 0 Å². The molecule has 2 bridgehead atoms. The average Bonchev–Trinajstić information content (AvgIpc) is 2.72. The predicted octanol–water partition coefficient (Wildman–Crippen LogP) is 2.96. The first-order valence-corrected chi connectivity index (χ1v) is 7.11. The Morgan fingerprint density at radius 2 is 1.95 bits per heavy atom. The van der Waals surface area contributed by atoms with Crippen LogP contribution < -0.4 is 5.73 Å². The van der Waals surface area contributed by atoms with Gasteiger partial charge in [0.2, 0.25) is 0 Å². The summed E-state index contributed by atoms with van der Waals surface area (Å²) in [6.07, 6.45) is 14.2. The third-order valence-electron chi connectivity index (χ3n) is 3.34. The van der Waals surface area contributed by atoms with Crippen LogP contribution in [0.15, 0.2) is 59.4 Å². The fraction of sp³-hybridized carbons (Fsp3) is 0.412. The maximum Gasteiger partial charge on any atom is 0.173 e. The highest BCUT2D eigenvalue weighted by Gasteiger charge is 2.21. The van der Waals surface area contributed by atoms with Crippen molar-refractivity contribution in [2.45, 2.75) is 39.0 Å². The lowest BCUT2D eigenvalue weighted by Gasteiger charge is -2.23. The van der Waals surface area contributed by atoms with E-state index in [0.717, 1.165) is 17.8 Å². The molecule has 3 heteroatoms. The molecular weight excluding hydrogens is 250 g/mol. The lowest BCUT2D eigenvalue weighted by molar-refractivity contribution is -0.00757. The molecule has 0 aliphatic heterocycles. The number of aliphatic hydroxyl groups is 1. The van der Waals surface area contributed by atoms with Gasteiger partial charge in [-0.3, -0.25) is 5.73 Å². The van der Waals surface area contributed by atoms with E-state index in [1.54, 1.807) is 0 Å². The fourth-order valence-electron chi connectivity index (χ4n) is 2.30. The number of hydrogen-bond acceptors (Lipinski definition) is 3. The van der Waals surface area contributed by atoms with Crippen molar-refractivity contribution in [3.63, 3.8) is 0 Å². The van der Waals surface area contributed by atoms with Crippen LogP contribution in [0.2, 0.25) is 0 Å². The van der Waals surface area contributed by atoms with Crippen LogP contribution in [0.3, 0.4) is 0 Å². The molecule has 2 unspecified atom stereocenters. The molecule has 0 fully saturated rings. The fourth-order valence-corrected chi connectivity index (χ4v) is 2.30. The molecule has 2 aliphatic carbocycles. The quantitative estimate of drug-likeness (QED) is 0.757. The second kappa shape index (κ2) is 6.73. The van der Waals surface area contributed by atoms with Gasteiger partial charge in [-0.1, -0.05) is 50.3 Å². The number of rotatable bonds is 5. The van der Waals surface area contributed by atoms with E-state index < -0.39 is 12.3 Å². The molecule has 0 spiro atoms. The summed E-state index contributed by atoms with van der Waals surface area (Å²) in [4.78, 5) is 0. The summed E-state index contributed by atoms with van der Waals surface area (Å²) in [6.45, 7) is 4.11. The van der Waals surface area contributed by atoms with Crippen molar-refractivity contribution in [1.82, 2.24) is 0 Å². The van der Waals surface area contributed by atoms with Gasteiger partial charge in [0.15, 0.2) is 6.23 Å². The van der Waals surface area contributed by atoms with Crippen molar-refractivity contribution >= 4 is 0 Å². The van der Waals surface area contributed by atoms with Crippen molar-refractivity contribution in [2.75, 3.05) is 0 Å². The first-order valence-electron chi connectivity index (χ1n) is 7.11. The minimum Gasteiger partial charge on any atom is -0.473 e. The maximum absolute atomic E-state index is 10.0. The second-order valence-corrected chi connectivity index (χ2v) is 5.66. The standard InChI is InChI=1S/C17H23NO2/c1-12(2)10-15(19)17(18)20-16-9-5-7-13-6-3-4-8-14(16)11-13/h3-9,12,15,17,19H,10-11,18H2,1-2H3. The molecule has 0 heterocycles. The van der Waals surface area contributed by atoms with Crippen LogP contribution in [-0.4, -0.2) is 17.4 Å². The normalized spacial score (nSPS) is 20.6. The number of hydrogen-bond donors (Lipinski definition) is 2. The molecule has 3 N–H and O–H groups in total. The predicted molar refractivity (Wildman–Crippen MR) is 81.7 cm³/mol. The van der Waals surface area contributed by atoms with E-state index in [1.165, 1.54) is 5.57 Å². The van der Waals surface area contributed by atoms with E-state index in [1.807, 2.05) is 30.4 Å². The molecular formula is C17H23NO2. The summed E-state index contributed by atoms with van der Waals surface area (Å²) in [7, 11) is 0. The first kappa shape index (κ1) is 14.8. The SMILES string of the molecule is CC(C)CC(O)C(N)OC1=CC=CC2=CC=CC=C1C2. The van der Waals surface area contributed by atoms with Gasteiger partial charge < -0.3 is 9.84 Å². The highest BCUT2D eigenvalue weighted by molar-refractivity contribution is 5.45. The molecule has 0 aromatic rings. The maximum atomic E-state index is 10.0. The van der Waals surface area contributed by atoms with Gasteiger partial charge in [-0.2, -0.15) is 0 Å². The highest BCUT2D eigenvalue weighted by Crippen LogP contribution is 2.27. The van der Waals surface area contributed by atoms with Crippen LogP contribution in [0.4, 0.5) is 0 Å². The molecule has 0 aromatic carbocycles. The van der Waals surface area contributed by atoms with E-state index in [2.05, 4.69) is 26.0 Å². The molecule has 3 nitrogen and oxygen atoms in total. The number of nitrogens with two attached hydrogens (primary N) is 1. The molecule has 20 heavy (non-hydrogen) atoms. The van der Waals surface area contributed by atoms with Crippen molar-refractivity contribution < 1.29 is 9.84 Å². The second-order valence-electron chi connectivity index (χ2n) is 5.66. The summed E-state index contributed by atoms with van der Waals surface area (Å²) < 4.78 is 5.78. The van der Waals surface area contributed by atoms with Gasteiger partial charge in [-0.15, -0.1) is 0 Å². The molecule has 108 valence electrons. The van der Waals surface area contributed by atoms with Crippen molar-refractivity contribution in [2.24, 2.45) is 11.7 Å². The van der Waals surface area contributed by atoms with E-state index in [-0.39, 0.29) is 0 Å². The molecule has 0 aromatic heterocycles. The van der Waals surface area contributed by atoms with Gasteiger partial charge in [0, 0.05) is 6.42 Å². The Bertz CT molecular complexity index is 495. The van der Waals surface area contributed by atoms with Crippen LogP contribution in [0, 0.1) is 5.92 Å². The average molecular weight is 273 g/mol. The molecule has 2 atom stereocenters. The summed E-state index contributed by atoms with van der Waals surface area (Å²) in [5, 5.41) is 10.0. The molecule has 0 saturated heterocycles. The van der Waals surface area contributed by atoms with Crippen molar-refractivity contribution in [3.05, 3.63) is 59.4 Å². The zero-order chi connectivity index (χ0) is 14.5. The largest absolute Gasteiger partial charge is 0.473 e. The van der Waals surface area contributed by atoms with Gasteiger partial charge in [-0.25, -0.2) is 0 Å². The van der Waals surface area contributed by atoms with Crippen LogP contribution >= 0.6 is 0 Å². The third-order valence-corrected chi connectivity index (χ3v) is 3.34. The van der Waals surface area contributed by atoms with E-state index in [9.17, 15) is 5.11 Å². The van der Waals surface area contributed by atoms with Crippen LogP contribution in [-0.2, 0) is 4.74 Å². The topological polar surface area (TPSA) is 55.5 Å². The summed E-state index contributed by atoms with van der Waals surface area (Å²) in [5.41, 5.74) is 8.28. The number of ether oxygens (including phenoxy) is 1. The van der Waals surface area contributed by atoms with E-state index in [0.29, 0.717) is 12.3 Å². The first-order chi connectivity index (χ1) is 9.56. The molecule has 2 aliphatic rings. The summed E-state index contributed by atoms with van der Waals surface area (Å²) in [6, 6.07) is 0. The Balaban J connectivity index is 2.07. The van der Waals surface area contributed by atoms with Crippen LogP contribution in [0.1, 0.15) is 26.7 Å². The Morgan fingerprint density at radius 3 is 2.70 bits per heavy atom. The van der Waals surface area contributed by atoms with Gasteiger partial charge in [0.05, 0.1) is 0 Å². The molecule has 0 radical (unpaired) electrons. The van der Waals surface area contributed by atoms with Gasteiger partial charge >= 0.3 is 0 Å². The summed E-state index contributed by atoms with van der Waals surface area (Å²) in [5.74, 6) is 1.13. The Morgan fingerprint density at radius 1 is 1.20 bits per heavy atom. The molecule has 0 saturated carbocycles. The Hall–Kier alpha value is -1.58. The number of aliphatic hydroxyl groups excluding tert-OH is 1. The van der Waals surface area contributed by atoms with Gasteiger partial charge in [-0.05, 0) is 29.6 Å². The smallest absolute Gasteiger partial charge is 0.173 e.